The molecule has 0 aliphatic rings. The first-order chi connectivity index (χ1) is 10.1. The smallest absolute Gasteiger partial charge is 0.257 e. The first-order valence-electron chi connectivity index (χ1n) is 6.61. The lowest BCUT2D eigenvalue weighted by Gasteiger charge is -2.09. The van der Waals surface area contributed by atoms with Gasteiger partial charge in [-0.1, -0.05) is 36.4 Å². The number of rotatable bonds is 2. The number of aryl methyl sites for hydroxylation is 1. The number of benzene rings is 2. The molecule has 0 atom stereocenters. The number of amides is 1. The summed E-state index contributed by atoms with van der Waals surface area (Å²) in [6.07, 6.45) is 0. The predicted molar refractivity (Wildman–Crippen MR) is 88.1 cm³/mol. The Balaban J connectivity index is 1.95. The Morgan fingerprint density at radius 3 is 2.62 bits per heavy atom. The molecule has 1 aromatic heterocycles. The number of thiol groups is 1. The molecule has 0 saturated carbocycles. The lowest BCUT2D eigenvalue weighted by Crippen LogP contribution is -2.14. The topological polar surface area (TPSA) is 42.0 Å². The molecule has 2 aromatic carbocycles. The average molecular weight is 294 g/mol. The van der Waals surface area contributed by atoms with Crippen LogP contribution in [0.3, 0.4) is 0 Å². The Kier molecular flexibility index (Phi) is 3.62. The van der Waals surface area contributed by atoms with E-state index in [0.29, 0.717) is 16.3 Å². The molecule has 0 spiro atoms. The first-order valence-corrected chi connectivity index (χ1v) is 7.05. The zero-order valence-corrected chi connectivity index (χ0v) is 12.4. The highest BCUT2D eigenvalue weighted by molar-refractivity contribution is 7.80. The molecule has 104 valence electrons. The largest absolute Gasteiger partial charge is 0.307 e. The van der Waals surface area contributed by atoms with Crippen LogP contribution in [0.2, 0.25) is 0 Å². The van der Waals surface area contributed by atoms with Crippen molar-refractivity contribution >= 4 is 35.1 Å². The van der Waals surface area contributed by atoms with Crippen molar-refractivity contribution in [3.8, 4) is 0 Å². The number of pyridine rings is 1. The molecule has 1 heterocycles. The van der Waals surface area contributed by atoms with Gasteiger partial charge in [-0.25, -0.2) is 4.98 Å². The number of carbonyl (C=O) groups excluding carboxylic acids is 1. The van der Waals surface area contributed by atoms with Crippen LogP contribution in [0.1, 0.15) is 16.1 Å². The summed E-state index contributed by atoms with van der Waals surface area (Å²) < 4.78 is 0. The second-order valence-electron chi connectivity index (χ2n) is 4.79. The summed E-state index contributed by atoms with van der Waals surface area (Å²) in [5, 5.41) is 4.98. The third kappa shape index (κ3) is 2.76. The molecular formula is C17H14N2OS. The van der Waals surface area contributed by atoms with Crippen LogP contribution in [0.5, 0.6) is 0 Å². The van der Waals surface area contributed by atoms with Gasteiger partial charge in [-0.3, -0.25) is 4.79 Å². The molecule has 3 aromatic rings. The molecule has 0 aliphatic heterocycles. The summed E-state index contributed by atoms with van der Waals surface area (Å²) in [6, 6.07) is 17.0. The normalized spacial score (nSPS) is 10.6. The van der Waals surface area contributed by atoms with E-state index in [4.69, 9.17) is 0 Å². The number of aromatic nitrogens is 1. The van der Waals surface area contributed by atoms with Gasteiger partial charge in [0.05, 0.1) is 5.56 Å². The Labute approximate surface area is 128 Å². The Morgan fingerprint density at radius 2 is 1.81 bits per heavy atom. The van der Waals surface area contributed by atoms with E-state index >= 15 is 0 Å². The van der Waals surface area contributed by atoms with E-state index in [0.717, 1.165) is 16.5 Å². The van der Waals surface area contributed by atoms with Gasteiger partial charge < -0.3 is 5.32 Å². The van der Waals surface area contributed by atoms with Crippen molar-refractivity contribution in [3.63, 3.8) is 0 Å². The van der Waals surface area contributed by atoms with Crippen LogP contribution < -0.4 is 5.32 Å². The summed E-state index contributed by atoms with van der Waals surface area (Å²) in [4.78, 5) is 17.4. The van der Waals surface area contributed by atoms with Crippen molar-refractivity contribution in [1.82, 2.24) is 4.98 Å². The van der Waals surface area contributed by atoms with Crippen LogP contribution in [-0.2, 0) is 0 Å². The molecule has 0 bridgehead atoms. The number of carbonyl (C=O) groups is 1. The van der Waals surface area contributed by atoms with Crippen molar-refractivity contribution < 1.29 is 4.79 Å². The van der Waals surface area contributed by atoms with Gasteiger partial charge in [0.25, 0.3) is 5.91 Å². The highest BCUT2D eigenvalue weighted by Gasteiger charge is 2.10. The van der Waals surface area contributed by atoms with Crippen molar-refractivity contribution in [2.75, 3.05) is 5.32 Å². The van der Waals surface area contributed by atoms with Gasteiger partial charge in [0, 0.05) is 16.0 Å². The van der Waals surface area contributed by atoms with Crippen LogP contribution in [0, 0.1) is 6.92 Å². The van der Waals surface area contributed by atoms with Crippen molar-refractivity contribution in [2.24, 2.45) is 0 Å². The van der Waals surface area contributed by atoms with Crippen LogP contribution in [0.4, 0.5) is 5.82 Å². The Morgan fingerprint density at radius 1 is 1.10 bits per heavy atom. The second-order valence-corrected chi connectivity index (χ2v) is 5.27. The average Bonchev–Trinajstić information content (AvgIpc) is 2.47. The summed E-state index contributed by atoms with van der Waals surface area (Å²) in [5.41, 5.74) is 1.43. The van der Waals surface area contributed by atoms with Gasteiger partial charge in [0.2, 0.25) is 0 Å². The molecule has 1 amide bonds. The molecule has 0 saturated heterocycles. The van der Waals surface area contributed by atoms with Crippen molar-refractivity contribution in [1.29, 1.82) is 0 Å². The van der Waals surface area contributed by atoms with Crippen LogP contribution in [0.25, 0.3) is 10.8 Å². The van der Waals surface area contributed by atoms with Crippen molar-refractivity contribution in [3.05, 3.63) is 65.9 Å². The quantitative estimate of drug-likeness (QED) is 0.699. The number of nitrogens with zero attached hydrogens (tertiary/aromatic N) is 1. The highest BCUT2D eigenvalue weighted by atomic mass is 32.1. The molecule has 0 unspecified atom stereocenters. The van der Waals surface area contributed by atoms with Gasteiger partial charge >= 0.3 is 0 Å². The third-order valence-electron chi connectivity index (χ3n) is 3.32. The van der Waals surface area contributed by atoms with Crippen molar-refractivity contribution in [2.45, 2.75) is 11.8 Å². The molecule has 0 fully saturated rings. The maximum absolute atomic E-state index is 12.3. The van der Waals surface area contributed by atoms with E-state index in [9.17, 15) is 4.79 Å². The molecule has 4 heteroatoms. The SMILES string of the molecule is Cc1nc(NC(=O)c2ccccc2S)cc2ccccc12. The zero-order valence-electron chi connectivity index (χ0n) is 11.5. The van der Waals surface area contributed by atoms with Crippen LogP contribution in [0.15, 0.2) is 59.5 Å². The number of anilines is 1. The maximum atomic E-state index is 12.3. The van der Waals surface area contributed by atoms with Crippen LogP contribution in [-0.4, -0.2) is 10.9 Å². The minimum Gasteiger partial charge on any atom is -0.307 e. The van der Waals surface area contributed by atoms with Crippen LogP contribution >= 0.6 is 12.6 Å². The fourth-order valence-corrected chi connectivity index (χ4v) is 2.55. The summed E-state index contributed by atoms with van der Waals surface area (Å²) in [5.74, 6) is 0.343. The fourth-order valence-electron chi connectivity index (χ4n) is 2.29. The number of nitrogens with one attached hydrogen (secondary N) is 1. The molecular weight excluding hydrogens is 280 g/mol. The van der Waals surface area contributed by atoms with Gasteiger partial charge in [0.15, 0.2) is 0 Å². The van der Waals surface area contributed by atoms with Gasteiger partial charge in [0.1, 0.15) is 5.82 Å². The predicted octanol–water partition coefficient (Wildman–Crippen LogP) is 4.08. The monoisotopic (exact) mass is 294 g/mol. The highest BCUT2D eigenvalue weighted by Crippen LogP contribution is 2.21. The van der Waals surface area contributed by atoms with Gasteiger partial charge in [-0.2, -0.15) is 0 Å². The van der Waals surface area contributed by atoms with E-state index in [1.165, 1.54) is 0 Å². The fraction of sp³-hybridized carbons (Fsp3) is 0.0588. The Bertz CT molecular complexity index is 830. The minimum absolute atomic E-state index is 0.206. The first kappa shape index (κ1) is 13.6. The zero-order chi connectivity index (χ0) is 14.8. The van der Waals surface area contributed by atoms with E-state index in [1.54, 1.807) is 12.1 Å². The number of hydrogen-bond donors (Lipinski definition) is 2. The number of hydrogen-bond acceptors (Lipinski definition) is 3. The lowest BCUT2D eigenvalue weighted by molar-refractivity contribution is 0.102. The second kappa shape index (κ2) is 5.58. The summed E-state index contributed by atoms with van der Waals surface area (Å²) in [6.45, 7) is 1.94. The molecule has 3 rings (SSSR count). The summed E-state index contributed by atoms with van der Waals surface area (Å²) >= 11 is 4.30. The number of fused-ring (bicyclic) bond motifs is 1. The molecule has 21 heavy (non-hydrogen) atoms. The van der Waals surface area contributed by atoms with E-state index < -0.39 is 0 Å². The standard InChI is InChI=1S/C17H14N2OS/c1-11-13-7-3-2-6-12(13)10-16(18-11)19-17(20)14-8-4-5-9-15(14)21/h2-10,21H,1H3,(H,18,19,20). The van der Waals surface area contributed by atoms with E-state index in [-0.39, 0.29) is 5.91 Å². The van der Waals surface area contributed by atoms with E-state index in [1.807, 2.05) is 49.4 Å². The molecule has 0 radical (unpaired) electrons. The summed E-state index contributed by atoms with van der Waals surface area (Å²) in [7, 11) is 0. The maximum Gasteiger partial charge on any atom is 0.257 e. The minimum atomic E-state index is -0.206. The lowest BCUT2D eigenvalue weighted by atomic mass is 10.1. The molecule has 1 N–H and O–H groups in total. The van der Waals surface area contributed by atoms with E-state index in [2.05, 4.69) is 22.9 Å². The van der Waals surface area contributed by atoms with Gasteiger partial charge in [-0.15, -0.1) is 12.6 Å². The van der Waals surface area contributed by atoms with Gasteiger partial charge in [-0.05, 0) is 30.5 Å². The molecule has 0 aliphatic carbocycles. The molecule has 3 nitrogen and oxygen atoms in total. The third-order valence-corrected chi connectivity index (χ3v) is 3.71. The Hall–Kier alpha value is -2.33.